The minimum absolute atomic E-state index is 0.120. The van der Waals surface area contributed by atoms with Crippen LogP contribution in [0.25, 0.3) is 5.95 Å². The number of halogens is 1. The van der Waals surface area contributed by atoms with E-state index in [-0.39, 0.29) is 5.82 Å². The van der Waals surface area contributed by atoms with Crippen molar-refractivity contribution < 1.29 is 4.39 Å². The second-order valence-electron chi connectivity index (χ2n) is 8.42. The van der Waals surface area contributed by atoms with Crippen LogP contribution in [0.1, 0.15) is 18.5 Å². The molecule has 0 bridgehead atoms. The highest BCUT2D eigenvalue weighted by Crippen LogP contribution is 2.24. The lowest BCUT2D eigenvalue weighted by Gasteiger charge is -2.44. The first-order valence-electron chi connectivity index (χ1n) is 11.2. The number of para-hydroxylation sites is 1. The Hall–Kier alpha value is -2.77. The molecule has 6 nitrogen and oxygen atoms in total. The molecule has 2 aliphatic rings. The van der Waals surface area contributed by atoms with E-state index in [0.29, 0.717) is 6.04 Å². The van der Waals surface area contributed by atoms with Crippen LogP contribution < -0.4 is 4.90 Å². The molecule has 2 aromatic heterocycles. The molecule has 31 heavy (non-hydrogen) atoms. The Labute approximate surface area is 182 Å². The maximum absolute atomic E-state index is 14.1. The van der Waals surface area contributed by atoms with Crippen LogP contribution in [0.3, 0.4) is 0 Å². The molecule has 5 rings (SSSR count). The van der Waals surface area contributed by atoms with Gasteiger partial charge in [-0.05, 0) is 49.7 Å². The van der Waals surface area contributed by atoms with Gasteiger partial charge in [-0.1, -0.05) is 12.1 Å². The molecule has 3 aromatic rings. The van der Waals surface area contributed by atoms with Crippen molar-refractivity contribution in [2.24, 2.45) is 0 Å². The van der Waals surface area contributed by atoms with Gasteiger partial charge in [0.15, 0.2) is 0 Å². The molecular weight excluding hydrogens is 391 g/mol. The Morgan fingerprint density at radius 1 is 0.903 bits per heavy atom. The van der Waals surface area contributed by atoms with Crippen molar-refractivity contribution in [2.45, 2.75) is 25.4 Å². The third-order valence-electron chi connectivity index (χ3n) is 6.49. The zero-order valence-corrected chi connectivity index (χ0v) is 17.8. The fraction of sp³-hybridized carbons (Fsp3) is 0.417. The predicted molar refractivity (Wildman–Crippen MR) is 120 cm³/mol. The molecule has 0 amide bonds. The fourth-order valence-corrected chi connectivity index (χ4v) is 4.89. The van der Waals surface area contributed by atoms with Gasteiger partial charge in [0, 0.05) is 69.6 Å². The Bertz CT molecular complexity index is 982. The minimum atomic E-state index is -0.120. The van der Waals surface area contributed by atoms with Crippen molar-refractivity contribution in [1.29, 1.82) is 0 Å². The number of benzene rings is 1. The first-order chi connectivity index (χ1) is 15.3. The summed E-state index contributed by atoms with van der Waals surface area (Å²) < 4.78 is 16.2. The fourth-order valence-electron chi connectivity index (χ4n) is 4.89. The summed E-state index contributed by atoms with van der Waals surface area (Å²) >= 11 is 0. The number of piperidine rings is 1. The molecule has 0 saturated carbocycles. The number of hydrogen-bond donors (Lipinski definition) is 0. The largest absolute Gasteiger partial charge is 0.367 e. The molecule has 2 saturated heterocycles. The molecule has 0 radical (unpaired) electrons. The molecule has 1 atom stereocenters. The molecule has 2 aliphatic heterocycles. The quantitative estimate of drug-likeness (QED) is 0.634. The monoisotopic (exact) mass is 420 g/mol. The van der Waals surface area contributed by atoms with Gasteiger partial charge >= 0.3 is 0 Å². The van der Waals surface area contributed by atoms with Crippen LogP contribution in [0.5, 0.6) is 0 Å². The molecule has 2 fully saturated rings. The van der Waals surface area contributed by atoms with E-state index in [1.165, 1.54) is 18.5 Å². The average Bonchev–Trinajstić information content (AvgIpc) is 3.28. The Kier molecular flexibility index (Phi) is 5.95. The Morgan fingerprint density at radius 3 is 2.52 bits per heavy atom. The maximum Gasteiger partial charge on any atom is 0.233 e. The van der Waals surface area contributed by atoms with Crippen molar-refractivity contribution in [3.8, 4) is 5.95 Å². The van der Waals surface area contributed by atoms with Crippen LogP contribution in [0.15, 0.2) is 61.1 Å². The molecular formula is C24H29FN6. The predicted octanol–water partition coefficient (Wildman–Crippen LogP) is 3.19. The molecule has 0 unspecified atom stereocenters. The summed E-state index contributed by atoms with van der Waals surface area (Å²) in [6.45, 7) is 6.82. The van der Waals surface area contributed by atoms with E-state index in [1.54, 1.807) is 24.5 Å². The van der Waals surface area contributed by atoms with E-state index in [0.717, 1.165) is 57.4 Å². The minimum Gasteiger partial charge on any atom is -0.367 e. The number of rotatable bonds is 5. The van der Waals surface area contributed by atoms with E-state index in [2.05, 4.69) is 41.4 Å². The third-order valence-corrected chi connectivity index (χ3v) is 6.49. The summed E-state index contributed by atoms with van der Waals surface area (Å²) in [5.41, 5.74) is 1.95. The lowest BCUT2D eigenvalue weighted by molar-refractivity contribution is 0.0877. The SMILES string of the molecule is Fc1ccccc1N1CCN([C@H]2CCCN(Cc3cccn3-c3ncccn3)C2)CC1. The average molecular weight is 421 g/mol. The highest BCUT2D eigenvalue weighted by atomic mass is 19.1. The summed E-state index contributed by atoms with van der Waals surface area (Å²) in [6, 6.07) is 13.7. The van der Waals surface area contributed by atoms with Crippen LogP contribution in [0.2, 0.25) is 0 Å². The number of nitrogens with zero attached hydrogens (tertiary/aromatic N) is 6. The molecule has 0 N–H and O–H groups in total. The standard InChI is InChI=1S/C24H29FN6/c25-22-8-1-2-9-23(22)30-16-14-29(15-17-30)20-6-3-12-28(18-20)19-21-7-4-13-31(21)24-26-10-5-11-27-24/h1-2,4-5,7-11,13,20H,3,6,12,14-19H2/t20-/m0/s1. The summed E-state index contributed by atoms with van der Waals surface area (Å²) in [7, 11) is 0. The lowest BCUT2D eigenvalue weighted by atomic mass is 10.0. The van der Waals surface area contributed by atoms with Gasteiger partial charge in [0.25, 0.3) is 0 Å². The zero-order chi connectivity index (χ0) is 21.0. The molecule has 1 aromatic carbocycles. The molecule has 0 spiro atoms. The highest BCUT2D eigenvalue weighted by Gasteiger charge is 2.29. The summed E-state index contributed by atoms with van der Waals surface area (Å²) in [6.07, 6.45) is 8.04. The number of anilines is 1. The molecule has 0 aliphatic carbocycles. The lowest BCUT2D eigenvalue weighted by Crippen LogP contribution is -2.55. The van der Waals surface area contributed by atoms with Crippen molar-refractivity contribution in [1.82, 2.24) is 24.3 Å². The van der Waals surface area contributed by atoms with E-state index in [1.807, 2.05) is 24.4 Å². The number of likely N-dealkylation sites (tertiary alicyclic amines) is 1. The molecule has 162 valence electrons. The summed E-state index contributed by atoms with van der Waals surface area (Å²) in [4.78, 5) is 16.1. The number of piperazine rings is 1. The van der Waals surface area contributed by atoms with Crippen molar-refractivity contribution >= 4 is 5.69 Å². The third kappa shape index (κ3) is 4.48. The van der Waals surface area contributed by atoms with Gasteiger partial charge < -0.3 is 4.90 Å². The van der Waals surface area contributed by atoms with E-state index < -0.39 is 0 Å². The zero-order valence-electron chi connectivity index (χ0n) is 17.8. The van der Waals surface area contributed by atoms with Crippen LogP contribution in [0.4, 0.5) is 10.1 Å². The number of aromatic nitrogens is 3. The van der Waals surface area contributed by atoms with E-state index in [9.17, 15) is 4.39 Å². The summed E-state index contributed by atoms with van der Waals surface area (Å²) in [5, 5.41) is 0. The summed E-state index contributed by atoms with van der Waals surface area (Å²) in [5.74, 6) is 0.602. The van der Waals surface area contributed by atoms with Gasteiger partial charge in [-0.2, -0.15) is 0 Å². The first-order valence-corrected chi connectivity index (χ1v) is 11.2. The van der Waals surface area contributed by atoms with Crippen molar-refractivity contribution in [3.05, 3.63) is 72.6 Å². The normalized spacial score (nSPS) is 20.8. The van der Waals surface area contributed by atoms with Crippen LogP contribution in [-0.2, 0) is 6.54 Å². The van der Waals surface area contributed by atoms with Gasteiger partial charge in [0.05, 0.1) is 5.69 Å². The van der Waals surface area contributed by atoms with Crippen LogP contribution >= 0.6 is 0 Å². The maximum atomic E-state index is 14.1. The van der Waals surface area contributed by atoms with Crippen molar-refractivity contribution in [3.63, 3.8) is 0 Å². The van der Waals surface area contributed by atoms with Crippen molar-refractivity contribution in [2.75, 3.05) is 44.2 Å². The second kappa shape index (κ2) is 9.16. The van der Waals surface area contributed by atoms with E-state index in [4.69, 9.17) is 0 Å². The van der Waals surface area contributed by atoms with Gasteiger partial charge in [0.2, 0.25) is 5.95 Å². The number of hydrogen-bond acceptors (Lipinski definition) is 5. The van der Waals surface area contributed by atoms with Gasteiger partial charge in [0.1, 0.15) is 5.82 Å². The van der Waals surface area contributed by atoms with E-state index >= 15 is 0 Å². The van der Waals surface area contributed by atoms with Gasteiger partial charge in [-0.3, -0.25) is 14.4 Å². The Morgan fingerprint density at radius 2 is 1.71 bits per heavy atom. The molecule has 7 heteroatoms. The Balaban J connectivity index is 1.19. The highest BCUT2D eigenvalue weighted by molar-refractivity contribution is 5.48. The smallest absolute Gasteiger partial charge is 0.233 e. The van der Waals surface area contributed by atoms with Crippen LogP contribution in [-0.4, -0.2) is 69.6 Å². The van der Waals surface area contributed by atoms with Gasteiger partial charge in [-0.25, -0.2) is 14.4 Å². The molecule has 4 heterocycles. The first kappa shape index (κ1) is 20.2. The topological polar surface area (TPSA) is 40.4 Å². The van der Waals surface area contributed by atoms with Gasteiger partial charge in [-0.15, -0.1) is 0 Å². The van der Waals surface area contributed by atoms with Crippen LogP contribution in [0, 0.1) is 5.82 Å². The second-order valence-corrected chi connectivity index (χ2v) is 8.42.